The molecule has 5 rings (SSSR count). The summed E-state index contributed by atoms with van der Waals surface area (Å²) in [7, 11) is 0. The molecule has 0 saturated carbocycles. The van der Waals surface area contributed by atoms with Crippen molar-refractivity contribution in [1.82, 2.24) is 0 Å². The van der Waals surface area contributed by atoms with Crippen LogP contribution in [0.4, 0.5) is 5.69 Å². The molecule has 3 aliphatic rings. The molecule has 2 unspecified atom stereocenters. The van der Waals surface area contributed by atoms with E-state index >= 15 is 0 Å². The Bertz CT molecular complexity index is 733. The molecule has 4 heteroatoms. The first-order valence-electron chi connectivity index (χ1n) is 8.25. The molecule has 2 aromatic rings. The van der Waals surface area contributed by atoms with Crippen LogP contribution in [0.15, 0.2) is 54.6 Å². The van der Waals surface area contributed by atoms with Gasteiger partial charge in [0.1, 0.15) is 5.60 Å². The van der Waals surface area contributed by atoms with Crippen molar-refractivity contribution in [3.8, 4) is 0 Å². The number of hydrogen-bond donors (Lipinski definition) is 0. The summed E-state index contributed by atoms with van der Waals surface area (Å²) in [5.74, 6) is 0.0833. The van der Waals surface area contributed by atoms with Crippen molar-refractivity contribution in [3.63, 3.8) is 0 Å². The number of hydrogen-bond acceptors (Lipinski definition) is 3. The number of halogens is 1. The fourth-order valence-corrected chi connectivity index (χ4v) is 4.32. The first kappa shape index (κ1) is 16.8. The quantitative estimate of drug-likeness (QED) is 0.763. The SMILES string of the molecule is CC(=O)OC1(Cc2ccccc2)CN2CCC1c1ccccc12.[Cl-]. The van der Waals surface area contributed by atoms with E-state index in [0.29, 0.717) is 0 Å². The van der Waals surface area contributed by atoms with Crippen LogP contribution in [0.1, 0.15) is 30.4 Å². The molecular formula is C20H21ClNO2-. The van der Waals surface area contributed by atoms with E-state index in [1.165, 1.54) is 23.7 Å². The number of para-hydroxylation sites is 1. The van der Waals surface area contributed by atoms with E-state index in [4.69, 9.17) is 4.74 Å². The van der Waals surface area contributed by atoms with E-state index in [1.807, 2.05) is 18.2 Å². The van der Waals surface area contributed by atoms with Crippen LogP contribution in [-0.2, 0) is 16.0 Å². The zero-order chi connectivity index (χ0) is 15.9. The Hall–Kier alpha value is -2.00. The summed E-state index contributed by atoms with van der Waals surface area (Å²) < 4.78 is 5.99. The summed E-state index contributed by atoms with van der Waals surface area (Å²) in [5, 5.41) is 0. The predicted octanol–water partition coefficient (Wildman–Crippen LogP) is 0.543. The van der Waals surface area contributed by atoms with Crippen molar-refractivity contribution in [2.75, 3.05) is 18.0 Å². The Morgan fingerprint density at radius 2 is 1.88 bits per heavy atom. The highest BCUT2D eigenvalue weighted by molar-refractivity contribution is 5.68. The maximum atomic E-state index is 11.9. The monoisotopic (exact) mass is 342 g/mol. The van der Waals surface area contributed by atoms with Crippen LogP contribution in [0.3, 0.4) is 0 Å². The molecule has 3 aliphatic heterocycles. The zero-order valence-corrected chi connectivity index (χ0v) is 14.5. The van der Waals surface area contributed by atoms with Crippen LogP contribution < -0.4 is 17.3 Å². The number of carbonyl (C=O) groups is 1. The van der Waals surface area contributed by atoms with E-state index < -0.39 is 5.60 Å². The maximum absolute atomic E-state index is 11.9. The van der Waals surface area contributed by atoms with Crippen molar-refractivity contribution in [3.05, 3.63) is 65.7 Å². The van der Waals surface area contributed by atoms with Gasteiger partial charge in [-0.2, -0.15) is 0 Å². The third-order valence-electron chi connectivity index (χ3n) is 5.13. The van der Waals surface area contributed by atoms with Gasteiger partial charge >= 0.3 is 5.97 Å². The number of fused-ring (bicyclic) bond motifs is 2. The Balaban J connectivity index is 0.00000169. The van der Waals surface area contributed by atoms with Crippen LogP contribution in [-0.4, -0.2) is 24.7 Å². The van der Waals surface area contributed by atoms with E-state index in [2.05, 4.69) is 41.3 Å². The first-order valence-corrected chi connectivity index (χ1v) is 8.25. The largest absolute Gasteiger partial charge is 1.00 e. The van der Waals surface area contributed by atoms with Crippen LogP contribution in [0.25, 0.3) is 0 Å². The number of carbonyl (C=O) groups excluding carboxylic acids is 1. The lowest BCUT2D eigenvalue weighted by molar-refractivity contribution is -0.160. The fraction of sp³-hybridized carbons (Fsp3) is 0.350. The van der Waals surface area contributed by atoms with Crippen molar-refractivity contribution < 1.29 is 21.9 Å². The van der Waals surface area contributed by atoms with Gasteiger partial charge in [-0.3, -0.25) is 4.79 Å². The summed E-state index contributed by atoms with van der Waals surface area (Å²) >= 11 is 0. The normalized spacial score (nSPS) is 24.0. The molecule has 1 saturated heterocycles. The number of rotatable bonds is 3. The van der Waals surface area contributed by atoms with E-state index in [9.17, 15) is 4.79 Å². The molecule has 2 aromatic carbocycles. The molecule has 2 atom stereocenters. The summed E-state index contributed by atoms with van der Waals surface area (Å²) in [5.41, 5.74) is 3.39. The number of anilines is 1. The number of piperidine rings is 1. The Morgan fingerprint density at radius 1 is 1.17 bits per heavy atom. The molecule has 0 aromatic heterocycles. The molecule has 0 spiro atoms. The summed E-state index contributed by atoms with van der Waals surface area (Å²) in [6.07, 6.45) is 1.81. The van der Waals surface area contributed by atoms with Gasteiger partial charge < -0.3 is 22.0 Å². The first-order chi connectivity index (χ1) is 11.2. The van der Waals surface area contributed by atoms with Gasteiger partial charge in [0, 0.05) is 31.5 Å². The molecule has 3 heterocycles. The second-order valence-corrected chi connectivity index (χ2v) is 6.64. The lowest BCUT2D eigenvalue weighted by Gasteiger charge is -2.53. The van der Waals surface area contributed by atoms with Gasteiger partial charge in [-0.25, -0.2) is 0 Å². The molecule has 3 nitrogen and oxygen atoms in total. The standard InChI is InChI=1S/C20H21NO2.ClH/c1-15(22)23-20(13-16-7-3-2-4-8-16)14-21-12-11-18(20)17-9-5-6-10-19(17)21;/h2-10,18H,11-14H2,1H3;1H/p-1. The highest BCUT2D eigenvalue weighted by Crippen LogP contribution is 2.50. The van der Waals surface area contributed by atoms with Gasteiger partial charge in [-0.1, -0.05) is 48.5 Å². The Morgan fingerprint density at radius 3 is 2.62 bits per heavy atom. The third-order valence-corrected chi connectivity index (χ3v) is 5.13. The summed E-state index contributed by atoms with van der Waals surface area (Å²) in [6, 6.07) is 18.9. The van der Waals surface area contributed by atoms with Crippen LogP contribution >= 0.6 is 0 Å². The second-order valence-electron chi connectivity index (χ2n) is 6.64. The molecule has 126 valence electrons. The minimum atomic E-state index is -0.459. The predicted molar refractivity (Wildman–Crippen MR) is 90.7 cm³/mol. The highest BCUT2D eigenvalue weighted by Gasteiger charge is 2.51. The van der Waals surface area contributed by atoms with Crippen molar-refractivity contribution in [1.29, 1.82) is 0 Å². The molecular weight excluding hydrogens is 322 g/mol. The Kier molecular flexibility index (Phi) is 4.55. The smallest absolute Gasteiger partial charge is 0.303 e. The maximum Gasteiger partial charge on any atom is 0.303 e. The molecule has 0 radical (unpaired) electrons. The lowest BCUT2D eigenvalue weighted by atomic mass is 9.69. The van der Waals surface area contributed by atoms with Crippen molar-refractivity contribution >= 4 is 11.7 Å². The number of benzene rings is 2. The van der Waals surface area contributed by atoms with Gasteiger partial charge in [-0.05, 0) is 23.6 Å². The van der Waals surface area contributed by atoms with Crippen LogP contribution in [0, 0.1) is 0 Å². The van der Waals surface area contributed by atoms with E-state index in [1.54, 1.807) is 0 Å². The summed E-state index contributed by atoms with van der Waals surface area (Å²) in [4.78, 5) is 14.2. The number of esters is 1. The van der Waals surface area contributed by atoms with E-state index in [0.717, 1.165) is 25.9 Å². The van der Waals surface area contributed by atoms with Gasteiger partial charge in [-0.15, -0.1) is 0 Å². The van der Waals surface area contributed by atoms with Crippen LogP contribution in [0.5, 0.6) is 0 Å². The van der Waals surface area contributed by atoms with Gasteiger partial charge in [0.15, 0.2) is 0 Å². The molecule has 2 bridgehead atoms. The highest BCUT2D eigenvalue weighted by atomic mass is 35.5. The molecule has 0 amide bonds. The van der Waals surface area contributed by atoms with Gasteiger partial charge in [0.25, 0.3) is 0 Å². The average Bonchev–Trinajstić information content (AvgIpc) is 2.55. The van der Waals surface area contributed by atoms with Gasteiger partial charge in [0.05, 0.1) is 6.54 Å². The molecule has 24 heavy (non-hydrogen) atoms. The third kappa shape index (κ3) is 2.78. The molecule has 0 N–H and O–H groups in total. The fourth-order valence-electron chi connectivity index (χ4n) is 4.32. The van der Waals surface area contributed by atoms with Crippen molar-refractivity contribution in [2.24, 2.45) is 0 Å². The number of ether oxygens (including phenoxy) is 1. The van der Waals surface area contributed by atoms with Crippen molar-refractivity contribution in [2.45, 2.75) is 31.3 Å². The van der Waals surface area contributed by atoms with E-state index in [-0.39, 0.29) is 24.3 Å². The molecule has 1 fully saturated rings. The number of nitrogens with zero attached hydrogens (tertiary/aromatic N) is 1. The lowest BCUT2D eigenvalue weighted by Crippen LogP contribution is -3.00. The van der Waals surface area contributed by atoms with Gasteiger partial charge in [0.2, 0.25) is 0 Å². The minimum Gasteiger partial charge on any atom is -1.00 e. The second kappa shape index (κ2) is 6.48. The topological polar surface area (TPSA) is 29.5 Å². The minimum absolute atomic E-state index is 0. The average molecular weight is 343 g/mol. The Labute approximate surface area is 149 Å². The zero-order valence-electron chi connectivity index (χ0n) is 13.7. The summed E-state index contributed by atoms with van der Waals surface area (Å²) in [6.45, 7) is 3.35. The van der Waals surface area contributed by atoms with Crippen LogP contribution in [0.2, 0.25) is 0 Å². The molecule has 0 aliphatic carbocycles.